The molecule has 0 aromatic carbocycles. The summed E-state index contributed by atoms with van der Waals surface area (Å²) in [4.78, 5) is 11.8. The number of nitriles is 1. The second kappa shape index (κ2) is 7.12. The van der Waals surface area contributed by atoms with Gasteiger partial charge in [-0.15, -0.1) is 0 Å². The number of nitrogens with zero attached hydrogens (tertiary/aromatic N) is 8. The molecule has 0 bridgehead atoms. The molecule has 0 spiro atoms. The zero-order valence-corrected chi connectivity index (χ0v) is 18.7. The summed E-state index contributed by atoms with van der Waals surface area (Å²) < 4.78 is 3.49. The molecule has 2 N–H and O–H groups in total. The van der Waals surface area contributed by atoms with Crippen molar-refractivity contribution in [1.82, 2.24) is 29.4 Å². The fraction of sp³-hybridized carbons (Fsp3) is 0.375. The molecule has 2 aliphatic rings. The van der Waals surface area contributed by atoms with Crippen molar-refractivity contribution in [2.24, 2.45) is 24.6 Å². The Balaban J connectivity index is 1.36. The van der Waals surface area contributed by atoms with E-state index in [1.54, 1.807) is 21.6 Å². The van der Waals surface area contributed by atoms with Crippen molar-refractivity contribution in [3.63, 3.8) is 0 Å². The van der Waals surface area contributed by atoms with Gasteiger partial charge >= 0.3 is 0 Å². The van der Waals surface area contributed by atoms with Gasteiger partial charge in [0.25, 0.3) is 0 Å². The molecule has 9 heteroatoms. The molecule has 1 unspecified atom stereocenters. The van der Waals surface area contributed by atoms with Crippen molar-refractivity contribution < 1.29 is 0 Å². The van der Waals surface area contributed by atoms with Crippen LogP contribution in [-0.2, 0) is 7.05 Å². The molecule has 6 rings (SSSR count). The number of fused-ring (bicyclic) bond motifs is 2. The zero-order valence-electron chi connectivity index (χ0n) is 18.7. The normalized spacial score (nSPS) is 24.4. The van der Waals surface area contributed by atoms with E-state index in [-0.39, 0.29) is 5.54 Å². The van der Waals surface area contributed by atoms with Gasteiger partial charge in [-0.1, -0.05) is 0 Å². The fourth-order valence-electron chi connectivity index (χ4n) is 5.62. The third-order valence-electron chi connectivity index (χ3n) is 7.04. The third-order valence-corrected chi connectivity index (χ3v) is 7.04. The number of nitrogens with two attached hydrogens (primary N) is 1. The van der Waals surface area contributed by atoms with Crippen LogP contribution < -0.4 is 10.6 Å². The van der Waals surface area contributed by atoms with E-state index in [0.29, 0.717) is 23.1 Å². The van der Waals surface area contributed by atoms with E-state index in [2.05, 4.69) is 28.1 Å². The van der Waals surface area contributed by atoms with Gasteiger partial charge in [0, 0.05) is 54.8 Å². The first kappa shape index (κ1) is 19.9. The van der Waals surface area contributed by atoms with Crippen molar-refractivity contribution in [2.45, 2.75) is 25.3 Å². The first-order valence-electron chi connectivity index (χ1n) is 11.2. The van der Waals surface area contributed by atoms with Crippen molar-refractivity contribution in [3.05, 3.63) is 48.8 Å². The maximum absolute atomic E-state index is 9.62. The van der Waals surface area contributed by atoms with Crippen LogP contribution in [0.25, 0.3) is 27.9 Å². The first-order chi connectivity index (χ1) is 15.9. The van der Waals surface area contributed by atoms with Crippen molar-refractivity contribution in [3.8, 4) is 28.5 Å². The Hall–Kier alpha value is -3.77. The monoisotopic (exact) mass is 439 g/mol. The van der Waals surface area contributed by atoms with Gasteiger partial charge in [0.1, 0.15) is 11.9 Å². The molecule has 1 saturated carbocycles. The van der Waals surface area contributed by atoms with Crippen LogP contribution in [0.4, 0.5) is 5.82 Å². The predicted octanol–water partition coefficient (Wildman–Crippen LogP) is 2.63. The van der Waals surface area contributed by atoms with Gasteiger partial charge in [-0.2, -0.15) is 15.5 Å². The number of rotatable bonds is 3. The van der Waals surface area contributed by atoms with E-state index in [1.165, 1.54) is 0 Å². The quantitative estimate of drug-likeness (QED) is 0.522. The van der Waals surface area contributed by atoms with Crippen molar-refractivity contribution in [2.75, 3.05) is 18.0 Å². The highest BCUT2D eigenvalue weighted by molar-refractivity contribution is 5.86. The summed E-state index contributed by atoms with van der Waals surface area (Å²) >= 11 is 0. The highest BCUT2D eigenvalue weighted by atomic mass is 15.2. The Kier molecular flexibility index (Phi) is 4.29. The summed E-state index contributed by atoms with van der Waals surface area (Å²) in [5, 5.41) is 18.3. The lowest BCUT2D eigenvalue weighted by molar-refractivity contribution is 0.449. The summed E-state index contributed by atoms with van der Waals surface area (Å²) in [6.45, 7) is 4.12. The van der Waals surface area contributed by atoms with E-state index in [9.17, 15) is 5.26 Å². The lowest BCUT2D eigenvalue weighted by Gasteiger charge is -2.23. The molecular formula is C24H25N9. The Morgan fingerprint density at radius 1 is 1.03 bits per heavy atom. The Bertz CT molecular complexity index is 1370. The minimum absolute atomic E-state index is 0.0364. The van der Waals surface area contributed by atoms with E-state index in [1.807, 2.05) is 37.9 Å². The number of pyridine rings is 1. The molecule has 4 aromatic heterocycles. The van der Waals surface area contributed by atoms with E-state index >= 15 is 0 Å². The van der Waals surface area contributed by atoms with Crippen LogP contribution in [0.5, 0.6) is 0 Å². The van der Waals surface area contributed by atoms with Crippen LogP contribution in [0.3, 0.4) is 0 Å². The largest absolute Gasteiger partial charge is 0.355 e. The molecule has 1 aliphatic carbocycles. The Morgan fingerprint density at radius 2 is 1.82 bits per heavy atom. The molecule has 33 heavy (non-hydrogen) atoms. The van der Waals surface area contributed by atoms with Crippen molar-refractivity contribution >= 4 is 11.3 Å². The third kappa shape index (κ3) is 3.34. The molecule has 1 saturated heterocycles. The van der Waals surface area contributed by atoms with Gasteiger partial charge < -0.3 is 10.6 Å². The highest BCUT2D eigenvalue weighted by Gasteiger charge is 2.45. The van der Waals surface area contributed by atoms with Gasteiger partial charge in [-0.3, -0.25) is 9.67 Å². The van der Waals surface area contributed by atoms with Gasteiger partial charge in [-0.05, 0) is 37.7 Å². The predicted molar refractivity (Wildman–Crippen MR) is 124 cm³/mol. The molecule has 3 atom stereocenters. The van der Waals surface area contributed by atoms with Gasteiger partial charge in [-0.25, -0.2) is 9.50 Å². The average molecular weight is 440 g/mol. The topological polar surface area (TPSA) is 114 Å². The lowest BCUT2D eigenvalue weighted by Crippen LogP contribution is -2.35. The van der Waals surface area contributed by atoms with Crippen molar-refractivity contribution in [1.29, 1.82) is 5.26 Å². The SMILES string of the molecule is Cn1cc(-c2cc(-c3cnc(N4C[C@@H]5CC(C)(N)C[C@@H]5C4)cn3)c3c(C#N)cnn3c2)cn1. The minimum Gasteiger partial charge on any atom is -0.355 e. The van der Waals surface area contributed by atoms with Gasteiger partial charge in [0.15, 0.2) is 0 Å². The first-order valence-corrected chi connectivity index (χ1v) is 11.2. The maximum Gasteiger partial charge on any atom is 0.147 e. The zero-order chi connectivity index (χ0) is 22.7. The standard InChI is InChI=1S/C24H25N9/c1-24(26)4-16-12-32(13-17(16)5-24)22-10-27-21(9-28-22)20-3-15(19-8-29-31(2)11-19)14-33-23(20)18(6-25)7-30-33/h3,7-11,14,16-17H,4-5,12-13,26H2,1-2H3/t16-,17+,24?. The second-order valence-corrected chi connectivity index (χ2v) is 9.76. The summed E-state index contributed by atoms with van der Waals surface area (Å²) in [5.74, 6) is 2.14. The molecule has 2 fully saturated rings. The van der Waals surface area contributed by atoms with Crippen LogP contribution in [0.1, 0.15) is 25.3 Å². The molecule has 0 radical (unpaired) electrons. The van der Waals surface area contributed by atoms with Crippen LogP contribution in [0.2, 0.25) is 0 Å². The summed E-state index contributed by atoms with van der Waals surface area (Å²) in [5.41, 5.74) is 11.0. The number of aryl methyl sites for hydroxylation is 1. The van der Waals surface area contributed by atoms with Crippen LogP contribution in [0, 0.1) is 23.2 Å². The smallest absolute Gasteiger partial charge is 0.147 e. The molecular weight excluding hydrogens is 414 g/mol. The van der Waals surface area contributed by atoms with E-state index < -0.39 is 0 Å². The Morgan fingerprint density at radius 3 is 2.45 bits per heavy atom. The van der Waals surface area contributed by atoms with Crippen LogP contribution >= 0.6 is 0 Å². The Labute approximate surface area is 191 Å². The fourth-order valence-corrected chi connectivity index (χ4v) is 5.62. The summed E-state index contributed by atoms with van der Waals surface area (Å²) in [7, 11) is 1.88. The van der Waals surface area contributed by atoms with Gasteiger partial charge in [0.2, 0.25) is 0 Å². The number of anilines is 1. The van der Waals surface area contributed by atoms with Gasteiger partial charge in [0.05, 0.1) is 41.6 Å². The second-order valence-electron chi connectivity index (χ2n) is 9.76. The molecule has 0 amide bonds. The number of hydrogen-bond acceptors (Lipinski definition) is 7. The maximum atomic E-state index is 9.62. The van der Waals surface area contributed by atoms with E-state index in [4.69, 9.17) is 15.7 Å². The number of hydrogen-bond donors (Lipinski definition) is 1. The molecule has 4 aromatic rings. The summed E-state index contributed by atoms with van der Waals surface area (Å²) in [6.07, 6.45) is 13.0. The van der Waals surface area contributed by atoms with E-state index in [0.717, 1.165) is 54.0 Å². The van der Waals surface area contributed by atoms with Crippen LogP contribution in [0.15, 0.2) is 43.2 Å². The lowest BCUT2D eigenvalue weighted by atomic mass is 10.00. The number of aromatic nitrogens is 6. The summed E-state index contributed by atoms with van der Waals surface area (Å²) in [6, 6.07) is 4.27. The molecule has 5 heterocycles. The highest BCUT2D eigenvalue weighted by Crippen LogP contribution is 2.43. The molecule has 166 valence electrons. The average Bonchev–Trinajstić information content (AvgIpc) is 3.55. The molecule has 1 aliphatic heterocycles. The molecule has 9 nitrogen and oxygen atoms in total. The minimum atomic E-state index is -0.0364. The van der Waals surface area contributed by atoms with Crippen LogP contribution in [-0.4, -0.2) is 48.0 Å².